The zero-order chi connectivity index (χ0) is 11.5. The molecule has 0 aliphatic heterocycles. The molecule has 0 bridgehead atoms. The van der Waals surface area contributed by atoms with Gasteiger partial charge in [-0.1, -0.05) is 0 Å². The van der Waals surface area contributed by atoms with Crippen molar-refractivity contribution in [3.63, 3.8) is 0 Å². The topological polar surface area (TPSA) is 33.2 Å². The number of aryl methyl sites for hydroxylation is 1. The van der Waals surface area contributed by atoms with E-state index in [0.717, 1.165) is 10.0 Å². The quantitative estimate of drug-likeness (QED) is 0.841. The summed E-state index contributed by atoms with van der Waals surface area (Å²) >= 11 is 3.14. The molecule has 2 rings (SSSR count). The maximum absolute atomic E-state index is 11.9. The Hall–Kier alpha value is -1.20. The second kappa shape index (κ2) is 4.76. The van der Waals surface area contributed by atoms with Gasteiger partial charge in [0.1, 0.15) is 0 Å². The van der Waals surface area contributed by atoms with E-state index >= 15 is 0 Å². The van der Waals surface area contributed by atoms with E-state index in [1.54, 1.807) is 29.5 Å². The molecule has 2 heterocycles. The van der Waals surface area contributed by atoms with E-state index in [2.05, 4.69) is 4.98 Å². The molecule has 0 atom stereocenters. The Bertz CT molecular complexity index is 476. The monoisotopic (exact) mass is 252 g/mol. The second-order valence-corrected chi connectivity index (χ2v) is 5.70. The van der Waals surface area contributed by atoms with Crippen LogP contribution in [0.2, 0.25) is 0 Å². The fourth-order valence-corrected chi connectivity index (χ4v) is 2.84. The fourth-order valence-electron chi connectivity index (χ4n) is 1.34. The lowest BCUT2D eigenvalue weighted by Gasteiger charge is -2.12. The molecule has 0 spiro atoms. The molecule has 0 N–H and O–H groups in total. The van der Waals surface area contributed by atoms with Crippen molar-refractivity contribution in [3.8, 4) is 0 Å². The predicted molar refractivity (Wildman–Crippen MR) is 68.3 cm³/mol. The molecule has 2 aromatic rings. The lowest BCUT2D eigenvalue weighted by Crippen LogP contribution is -2.27. The van der Waals surface area contributed by atoms with Crippen LogP contribution in [0.15, 0.2) is 23.7 Å². The third kappa shape index (κ3) is 2.48. The molecule has 0 aliphatic carbocycles. The molecule has 5 heteroatoms. The Labute approximate surface area is 102 Å². The van der Waals surface area contributed by atoms with E-state index < -0.39 is 0 Å². The SMILES string of the molecule is Cc1ccc(CC(=O)N(C)c2nccs2)s1. The number of anilines is 1. The van der Waals surface area contributed by atoms with E-state index in [1.165, 1.54) is 16.2 Å². The van der Waals surface area contributed by atoms with Crippen molar-refractivity contribution in [2.24, 2.45) is 0 Å². The Morgan fingerprint density at radius 2 is 2.31 bits per heavy atom. The highest BCUT2D eigenvalue weighted by atomic mass is 32.1. The molecule has 1 amide bonds. The van der Waals surface area contributed by atoms with Crippen LogP contribution in [0.1, 0.15) is 9.75 Å². The van der Waals surface area contributed by atoms with Crippen molar-refractivity contribution in [3.05, 3.63) is 33.5 Å². The standard InChI is InChI=1S/C11H12N2OS2/c1-8-3-4-9(16-8)7-10(14)13(2)11-12-5-6-15-11/h3-6H,7H2,1-2H3. The molecule has 0 radical (unpaired) electrons. The number of thiophene rings is 1. The predicted octanol–water partition coefficient (Wildman–Crippen LogP) is 2.72. The van der Waals surface area contributed by atoms with Crippen molar-refractivity contribution in [2.45, 2.75) is 13.3 Å². The van der Waals surface area contributed by atoms with Crippen LogP contribution in [0, 0.1) is 6.92 Å². The number of hydrogen-bond acceptors (Lipinski definition) is 4. The number of rotatable bonds is 3. The van der Waals surface area contributed by atoms with Crippen LogP contribution in [-0.2, 0) is 11.2 Å². The molecule has 2 aromatic heterocycles. The summed E-state index contributed by atoms with van der Waals surface area (Å²) in [6.07, 6.45) is 2.16. The zero-order valence-electron chi connectivity index (χ0n) is 9.14. The first-order valence-electron chi connectivity index (χ1n) is 4.88. The smallest absolute Gasteiger partial charge is 0.233 e. The van der Waals surface area contributed by atoms with Gasteiger partial charge < -0.3 is 0 Å². The van der Waals surface area contributed by atoms with Gasteiger partial charge in [-0.3, -0.25) is 9.69 Å². The highest BCUT2D eigenvalue weighted by molar-refractivity contribution is 7.13. The molecule has 0 aliphatic rings. The van der Waals surface area contributed by atoms with Gasteiger partial charge in [-0.15, -0.1) is 22.7 Å². The van der Waals surface area contributed by atoms with Gasteiger partial charge in [0.2, 0.25) is 5.91 Å². The Kier molecular flexibility index (Phi) is 3.36. The van der Waals surface area contributed by atoms with Crippen LogP contribution in [0.5, 0.6) is 0 Å². The van der Waals surface area contributed by atoms with Gasteiger partial charge in [-0.2, -0.15) is 0 Å². The van der Waals surface area contributed by atoms with Crippen LogP contribution >= 0.6 is 22.7 Å². The van der Waals surface area contributed by atoms with Gasteiger partial charge in [-0.05, 0) is 19.1 Å². The van der Waals surface area contributed by atoms with Gasteiger partial charge >= 0.3 is 0 Å². The van der Waals surface area contributed by atoms with E-state index in [0.29, 0.717) is 6.42 Å². The maximum Gasteiger partial charge on any atom is 0.233 e. The molecule has 0 unspecified atom stereocenters. The average Bonchev–Trinajstić information content (AvgIpc) is 2.88. The minimum absolute atomic E-state index is 0.0804. The van der Waals surface area contributed by atoms with Crippen molar-refractivity contribution < 1.29 is 4.79 Å². The van der Waals surface area contributed by atoms with Crippen LogP contribution < -0.4 is 4.90 Å². The van der Waals surface area contributed by atoms with Crippen molar-refractivity contribution in [1.29, 1.82) is 0 Å². The summed E-state index contributed by atoms with van der Waals surface area (Å²) in [5.41, 5.74) is 0. The van der Waals surface area contributed by atoms with E-state index in [-0.39, 0.29) is 5.91 Å². The van der Waals surface area contributed by atoms with Crippen LogP contribution in [0.4, 0.5) is 5.13 Å². The third-order valence-electron chi connectivity index (χ3n) is 2.20. The largest absolute Gasteiger partial charge is 0.291 e. The number of thiazole rings is 1. The minimum Gasteiger partial charge on any atom is -0.291 e. The first-order chi connectivity index (χ1) is 7.66. The molecule has 0 saturated heterocycles. The zero-order valence-corrected chi connectivity index (χ0v) is 10.8. The highest BCUT2D eigenvalue weighted by Gasteiger charge is 2.14. The normalized spacial score (nSPS) is 10.4. The van der Waals surface area contributed by atoms with E-state index in [1.807, 2.05) is 24.4 Å². The van der Waals surface area contributed by atoms with Crippen LogP contribution in [0.25, 0.3) is 0 Å². The number of aromatic nitrogens is 1. The minimum atomic E-state index is 0.0804. The second-order valence-electron chi connectivity index (χ2n) is 3.46. The molecule has 0 fully saturated rings. The maximum atomic E-state index is 11.9. The van der Waals surface area contributed by atoms with Crippen molar-refractivity contribution in [1.82, 2.24) is 4.98 Å². The van der Waals surface area contributed by atoms with Gasteiger partial charge in [-0.25, -0.2) is 4.98 Å². The number of carbonyl (C=O) groups excluding carboxylic acids is 1. The van der Waals surface area contributed by atoms with Crippen LogP contribution in [-0.4, -0.2) is 17.9 Å². The van der Waals surface area contributed by atoms with Crippen molar-refractivity contribution in [2.75, 3.05) is 11.9 Å². The Morgan fingerprint density at radius 1 is 1.50 bits per heavy atom. The lowest BCUT2D eigenvalue weighted by atomic mass is 10.3. The number of amides is 1. The number of hydrogen-bond donors (Lipinski definition) is 0. The molecular weight excluding hydrogens is 240 g/mol. The van der Waals surface area contributed by atoms with Crippen LogP contribution in [0.3, 0.4) is 0 Å². The summed E-state index contributed by atoms with van der Waals surface area (Å²) in [6.45, 7) is 2.04. The van der Waals surface area contributed by atoms with E-state index in [9.17, 15) is 4.79 Å². The molecule has 3 nitrogen and oxygen atoms in total. The summed E-state index contributed by atoms with van der Waals surface area (Å²) in [5, 5.41) is 2.62. The summed E-state index contributed by atoms with van der Waals surface area (Å²) in [5.74, 6) is 0.0804. The fraction of sp³-hybridized carbons (Fsp3) is 0.273. The molecule has 0 aromatic carbocycles. The third-order valence-corrected chi connectivity index (χ3v) is 4.05. The van der Waals surface area contributed by atoms with E-state index in [4.69, 9.17) is 0 Å². The first kappa shape index (κ1) is 11.3. The number of carbonyl (C=O) groups is 1. The molecule has 16 heavy (non-hydrogen) atoms. The summed E-state index contributed by atoms with van der Waals surface area (Å²) < 4.78 is 0. The summed E-state index contributed by atoms with van der Waals surface area (Å²) in [4.78, 5) is 20.0. The summed E-state index contributed by atoms with van der Waals surface area (Å²) in [7, 11) is 1.77. The Morgan fingerprint density at radius 3 is 2.88 bits per heavy atom. The number of likely N-dealkylation sites (N-methyl/N-ethyl adjacent to an activating group) is 1. The highest BCUT2D eigenvalue weighted by Crippen LogP contribution is 2.19. The summed E-state index contributed by atoms with van der Waals surface area (Å²) in [6, 6.07) is 4.05. The van der Waals surface area contributed by atoms with Gasteiger partial charge in [0, 0.05) is 28.4 Å². The first-order valence-corrected chi connectivity index (χ1v) is 6.58. The van der Waals surface area contributed by atoms with Gasteiger partial charge in [0.25, 0.3) is 0 Å². The molecule has 0 saturated carbocycles. The molecular formula is C11H12N2OS2. The Balaban J connectivity index is 2.03. The molecule has 84 valence electrons. The lowest BCUT2D eigenvalue weighted by molar-refractivity contribution is -0.117. The van der Waals surface area contributed by atoms with Gasteiger partial charge in [0.15, 0.2) is 5.13 Å². The van der Waals surface area contributed by atoms with Crippen molar-refractivity contribution >= 4 is 33.7 Å². The average molecular weight is 252 g/mol. The number of nitrogens with zero attached hydrogens (tertiary/aromatic N) is 2. The van der Waals surface area contributed by atoms with Gasteiger partial charge in [0.05, 0.1) is 6.42 Å².